The molecular formula is C51H86N16O2. The fourth-order valence-corrected chi connectivity index (χ4v) is 7.97. The topological polar surface area (TPSA) is 251 Å². The van der Waals surface area contributed by atoms with Crippen molar-refractivity contribution in [2.24, 2.45) is 0 Å². The van der Waals surface area contributed by atoms with E-state index in [9.17, 15) is 46.9 Å². The van der Waals surface area contributed by atoms with Gasteiger partial charge >= 0.3 is 6.09 Å². The molecule has 0 radical (unpaired) electrons. The Hall–Kier alpha value is -5.09. The summed E-state index contributed by atoms with van der Waals surface area (Å²) in [5, 5.41) is 76.9. The predicted molar refractivity (Wildman–Crippen MR) is 268 cm³/mol. The minimum Gasteiger partial charge on any atom is -0.444 e. The van der Waals surface area contributed by atoms with E-state index < -0.39 is 11.7 Å². The second-order valence-corrected chi connectivity index (χ2v) is 18.4. The zero-order valence-corrected chi connectivity index (χ0v) is 42.9. The monoisotopic (exact) mass is 955 g/mol. The van der Waals surface area contributed by atoms with Crippen LogP contribution in [-0.2, 0) is 4.74 Å². The lowest BCUT2D eigenvalue weighted by atomic mass is 10.2. The molecule has 1 N–H and O–H groups in total. The summed E-state index contributed by atoms with van der Waals surface area (Å²) in [5.41, 5.74) is -0.543. The van der Waals surface area contributed by atoms with Crippen LogP contribution in [0.3, 0.4) is 0 Å². The summed E-state index contributed by atoms with van der Waals surface area (Å²) < 4.78 is 5.39. The maximum absolute atomic E-state index is 12.2. The quantitative estimate of drug-likeness (QED) is 0.0681. The lowest BCUT2D eigenvalue weighted by molar-refractivity contribution is 0.0527. The molecular weight excluding hydrogens is 869 g/mol. The zero-order valence-electron chi connectivity index (χ0n) is 42.9. The lowest BCUT2D eigenvalue weighted by Crippen LogP contribution is -2.42. The van der Waals surface area contributed by atoms with Crippen LogP contribution in [0.2, 0.25) is 0 Å². The van der Waals surface area contributed by atoms with Crippen molar-refractivity contribution in [3.63, 3.8) is 0 Å². The number of carbonyl (C=O) groups is 1. The number of ether oxygens (including phenoxy) is 1. The van der Waals surface area contributed by atoms with Gasteiger partial charge in [0.05, 0.1) is 48.6 Å². The van der Waals surface area contributed by atoms with Crippen LogP contribution in [0.4, 0.5) is 4.79 Å². The van der Waals surface area contributed by atoms with Gasteiger partial charge in [-0.25, -0.2) is 4.79 Å². The number of amides is 1. The molecule has 0 atom stereocenters. The minimum atomic E-state index is -0.543. The van der Waals surface area contributed by atoms with Gasteiger partial charge in [0.15, 0.2) is 0 Å². The number of carbonyl (C=O) groups excluding carboxylic acids is 1. The van der Waals surface area contributed by atoms with Crippen LogP contribution in [-0.4, -0.2) is 190 Å². The number of nitrogens with one attached hydrogen (secondary N) is 1. The molecule has 0 aromatic carbocycles. The van der Waals surface area contributed by atoms with Gasteiger partial charge in [-0.3, -0.25) is 0 Å². The lowest BCUT2D eigenvalue weighted by Gasteiger charge is -2.32. The Kier molecular flexibility index (Phi) is 42.0. The molecule has 1 amide bonds. The van der Waals surface area contributed by atoms with E-state index in [1.54, 1.807) is 0 Å². The van der Waals surface area contributed by atoms with Crippen LogP contribution in [0.15, 0.2) is 0 Å². The third kappa shape index (κ3) is 40.5. The molecule has 0 unspecified atom stereocenters. The molecule has 18 heteroatoms. The summed E-state index contributed by atoms with van der Waals surface area (Å²) >= 11 is 0. The molecule has 0 spiro atoms. The number of nitrogens with zero attached hydrogens (tertiary/aromatic N) is 15. The maximum atomic E-state index is 12.2. The second kappa shape index (κ2) is 45.4. The van der Waals surface area contributed by atoms with E-state index in [0.717, 1.165) is 136 Å². The van der Waals surface area contributed by atoms with Crippen LogP contribution in [0.25, 0.3) is 0 Å². The van der Waals surface area contributed by atoms with Gasteiger partial charge in [0.25, 0.3) is 0 Å². The summed E-state index contributed by atoms with van der Waals surface area (Å²) in [4.78, 5) is 28.6. The summed E-state index contributed by atoms with van der Waals surface area (Å²) in [6.45, 7) is 22.2. The van der Waals surface area contributed by atoms with E-state index >= 15 is 0 Å². The molecule has 0 aliphatic rings. The first-order valence-corrected chi connectivity index (χ1v) is 25.5. The van der Waals surface area contributed by atoms with Gasteiger partial charge in [-0.2, -0.15) is 42.1 Å². The van der Waals surface area contributed by atoms with Gasteiger partial charge in [0, 0.05) is 136 Å². The normalized spacial score (nSPS) is 11.3. The van der Waals surface area contributed by atoms with Crippen molar-refractivity contribution in [1.29, 1.82) is 42.1 Å². The highest BCUT2D eigenvalue weighted by atomic mass is 16.6. The average Bonchev–Trinajstić information content (AvgIpc) is 3.33. The number of hydrogen-bond acceptors (Lipinski definition) is 17. The summed E-state index contributed by atoms with van der Waals surface area (Å²) in [6.07, 6.45) is 10.4. The Morgan fingerprint density at radius 1 is 0.333 bits per heavy atom. The number of rotatable bonds is 45. The van der Waals surface area contributed by atoms with Gasteiger partial charge < -0.3 is 44.4 Å². The Balaban J connectivity index is 6.30. The van der Waals surface area contributed by atoms with Crippen molar-refractivity contribution in [2.75, 3.05) is 144 Å². The Morgan fingerprint density at radius 2 is 0.551 bits per heavy atom. The highest BCUT2D eigenvalue weighted by Crippen LogP contribution is 2.10. The van der Waals surface area contributed by atoms with Crippen molar-refractivity contribution in [3.8, 4) is 48.6 Å². The number of unbranched alkanes of at least 4 members (excludes halogenated alkanes) is 3. The largest absolute Gasteiger partial charge is 0.444 e. The molecule has 18 nitrogen and oxygen atoms in total. The Labute approximate surface area is 417 Å². The van der Waals surface area contributed by atoms with E-state index in [-0.39, 0.29) is 0 Å². The van der Waals surface area contributed by atoms with Crippen LogP contribution >= 0.6 is 0 Å². The molecule has 0 bridgehead atoms. The van der Waals surface area contributed by atoms with Gasteiger partial charge in [-0.05, 0) is 118 Å². The highest BCUT2D eigenvalue weighted by Gasteiger charge is 2.17. The molecule has 69 heavy (non-hydrogen) atoms. The van der Waals surface area contributed by atoms with Gasteiger partial charge in [0.1, 0.15) is 5.60 Å². The van der Waals surface area contributed by atoms with E-state index in [0.29, 0.717) is 110 Å². The molecule has 0 heterocycles. The van der Waals surface area contributed by atoms with Gasteiger partial charge in [-0.15, -0.1) is 0 Å². The maximum Gasteiger partial charge on any atom is 0.407 e. The molecule has 0 saturated heterocycles. The summed E-state index contributed by atoms with van der Waals surface area (Å²) in [5.74, 6) is 0. The van der Waals surface area contributed by atoms with Crippen LogP contribution < -0.4 is 5.32 Å². The first-order valence-electron chi connectivity index (χ1n) is 25.5. The smallest absolute Gasteiger partial charge is 0.407 e. The second-order valence-electron chi connectivity index (χ2n) is 18.4. The fourth-order valence-electron chi connectivity index (χ4n) is 7.97. The molecule has 0 aromatic rings. The molecule has 0 rings (SSSR count). The van der Waals surface area contributed by atoms with E-state index in [4.69, 9.17) is 4.74 Å². The summed E-state index contributed by atoms with van der Waals surface area (Å²) in [6, 6.07) is 17.9. The Bertz CT molecular complexity index is 1390. The van der Waals surface area contributed by atoms with Crippen molar-refractivity contribution in [2.45, 2.75) is 129 Å². The van der Waals surface area contributed by atoms with Gasteiger partial charge in [-0.1, -0.05) is 12.8 Å². The van der Waals surface area contributed by atoms with E-state index in [2.05, 4.69) is 88.2 Å². The van der Waals surface area contributed by atoms with Crippen LogP contribution in [0, 0.1) is 90.6 Å². The average molecular weight is 955 g/mol. The van der Waals surface area contributed by atoms with Crippen molar-refractivity contribution >= 4 is 6.09 Å². The molecule has 0 aromatic heterocycles. The van der Waals surface area contributed by atoms with Crippen molar-refractivity contribution in [3.05, 3.63) is 0 Å². The van der Waals surface area contributed by atoms with Crippen LogP contribution in [0.5, 0.6) is 0 Å². The van der Waals surface area contributed by atoms with Crippen LogP contribution in [0.1, 0.15) is 124 Å². The fraction of sp³-hybridized carbons (Fsp3) is 0.824. The van der Waals surface area contributed by atoms with Crippen molar-refractivity contribution in [1.82, 2.24) is 39.6 Å². The number of nitriles is 8. The molecule has 0 aliphatic carbocycles. The van der Waals surface area contributed by atoms with E-state index in [1.807, 2.05) is 20.8 Å². The molecule has 0 fully saturated rings. The Morgan fingerprint density at radius 3 is 0.797 bits per heavy atom. The minimum absolute atomic E-state index is 0.397. The number of alkyl carbamates (subject to hydrolysis) is 1. The van der Waals surface area contributed by atoms with E-state index in [1.165, 1.54) is 0 Å². The van der Waals surface area contributed by atoms with Crippen molar-refractivity contribution < 1.29 is 9.53 Å². The molecule has 0 saturated carbocycles. The van der Waals surface area contributed by atoms with Gasteiger partial charge in [0.2, 0.25) is 0 Å². The standard InChI is InChI=1S/C51H86N16O2/c1-51(2,3)69-50(68)60-28-6-4-5-7-29-67(48-46-65(42-16-38-61(30-8-20-52)31-9-21-53)43-17-39-62(32-10-22-54)33-11-23-55)49-47-66(44-18-40-63(34-12-24-56)35-13-25-57)45-19-41-64(36-14-26-58)37-15-27-59/h4-19,28-49H2,1-3H3,(H,60,68). The predicted octanol–water partition coefficient (Wildman–Crippen LogP) is 6.06. The zero-order chi connectivity index (χ0) is 51.1. The third-order valence-electron chi connectivity index (χ3n) is 11.6. The first kappa shape index (κ1) is 63.9. The SMILES string of the molecule is CC(C)(C)OC(=O)NCCCCCCN(CCN(CCCN(CCC#N)CCC#N)CCCN(CCC#N)CCC#N)CCN(CCCN(CCC#N)CCC#N)CCCN(CCC#N)CCC#N. The molecule has 382 valence electrons. The highest BCUT2D eigenvalue weighted by molar-refractivity contribution is 5.67. The summed E-state index contributed by atoms with van der Waals surface area (Å²) in [7, 11) is 0. The first-order chi connectivity index (χ1) is 33.5. The number of hydrogen-bond donors (Lipinski definition) is 1. The third-order valence-corrected chi connectivity index (χ3v) is 11.6. The molecule has 0 aliphatic heterocycles.